The third kappa shape index (κ3) is 9.17. The van der Waals surface area contributed by atoms with Gasteiger partial charge in [-0.3, -0.25) is 0 Å². The number of carbonyl (C=O) groups is 1. The Labute approximate surface area is 179 Å². The zero-order valence-corrected chi connectivity index (χ0v) is 20.3. The van der Waals surface area contributed by atoms with Crippen molar-refractivity contribution in [1.29, 1.82) is 0 Å². The standard InChI is InChI=1S/C22H38O2P.HI/c1-5-9-15-25(16-10-6-2,17-11-7-3)19-20-13-12-14-21(18-20)22(23)24-8-4;/h12-14,18H,5-11,15-17,19H2,1-4H3;1H/q+1;/p-1. The first-order valence-corrected chi connectivity index (χ1v) is 12.7. The number of rotatable bonds is 13. The topological polar surface area (TPSA) is 26.3 Å². The molecule has 26 heavy (non-hydrogen) atoms. The molecule has 0 aliphatic heterocycles. The lowest BCUT2D eigenvalue weighted by molar-refractivity contribution is -0.0000235. The highest BCUT2D eigenvalue weighted by Crippen LogP contribution is 2.63. The number of carbonyl (C=O) groups excluding carboxylic acids is 1. The minimum atomic E-state index is -0.985. The normalized spacial score (nSPS) is 11.1. The van der Waals surface area contributed by atoms with E-state index in [1.807, 2.05) is 19.1 Å². The summed E-state index contributed by atoms with van der Waals surface area (Å²) >= 11 is 0. The summed E-state index contributed by atoms with van der Waals surface area (Å²) in [6.45, 7) is 9.20. The second kappa shape index (κ2) is 14.9. The van der Waals surface area contributed by atoms with Crippen LogP contribution in [0, 0.1) is 0 Å². The van der Waals surface area contributed by atoms with Gasteiger partial charge in [0.25, 0.3) is 0 Å². The average molecular weight is 492 g/mol. The minimum Gasteiger partial charge on any atom is -1.00 e. The van der Waals surface area contributed by atoms with Crippen LogP contribution < -0.4 is 24.0 Å². The highest BCUT2D eigenvalue weighted by molar-refractivity contribution is 7.75. The van der Waals surface area contributed by atoms with Crippen molar-refractivity contribution < 1.29 is 33.5 Å². The van der Waals surface area contributed by atoms with Gasteiger partial charge in [0.05, 0.1) is 36.8 Å². The van der Waals surface area contributed by atoms with Crippen molar-refractivity contribution in [2.75, 3.05) is 25.1 Å². The first-order chi connectivity index (χ1) is 12.1. The Balaban J connectivity index is 0.00000625. The summed E-state index contributed by atoms with van der Waals surface area (Å²) < 4.78 is 5.18. The molecule has 0 aliphatic carbocycles. The van der Waals surface area contributed by atoms with Crippen molar-refractivity contribution in [3.8, 4) is 0 Å². The Kier molecular flexibility index (Phi) is 14.8. The SMILES string of the molecule is CCCC[P+](CCCC)(CCCC)Cc1cccc(C(=O)OCC)c1.[I-]. The zero-order valence-electron chi connectivity index (χ0n) is 17.2. The van der Waals surface area contributed by atoms with E-state index in [2.05, 4.69) is 32.9 Å². The molecule has 0 saturated heterocycles. The highest BCUT2D eigenvalue weighted by atomic mass is 127. The van der Waals surface area contributed by atoms with Crippen molar-refractivity contribution in [3.05, 3.63) is 35.4 Å². The van der Waals surface area contributed by atoms with Crippen molar-refractivity contribution in [3.63, 3.8) is 0 Å². The molecular weight excluding hydrogens is 454 g/mol. The van der Waals surface area contributed by atoms with E-state index < -0.39 is 7.26 Å². The summed E-state index contributed by atoms with van der Waals surface area (Å²) in [5, 5.41) is 0. The lowest BCUT2D eigenvalue weighted by Gasteiger charge is -2.28. The molecule has 0 spiro atoms. The van der Waals surface area contributed by atoms with Crippen LogP contribution in [0.3, 0.4) is 0 Å². The van der Waals surface area contributed by atoms with Gasteiger partial charge in [0.1, 0.15) is 0 Å². The van der Waals surface area contributed by atoms with Crippen molar-refractivity contribution in [2.24, 2.45) is 0 Å². The lowest BCUT2D eigenvalue weighted by atomic mass is 10.1. The van der Waals surface area contributed by atoms with Crippen LogP contribution in [0.15, 0.2) is 24.3 Å². The zero-order chi connectivity index (χ0) is 18.5. The summed E-state index contributed by atoms with van der Waals surface area (Å²) in [5.74, 6) is -0.191. The summed E-state index contributed by atoms with van der Waals surface area (Å²) in [4.78, 5) is 12.1. The van der Waals surface area contributed by atoms with Gasteiger partial charge in [-0.1, -0.05) is 52.2 Å². The van der Waals surface area contributed by atoms with Crippen molar-refractivity contribution in [1.82, 2.24) is 0 Å². The summed E-state index contributed by atoms with van der Waals surface area (Å²) in [5.41, 5.74) is 2.04. The molecule has 0 N–H and O–H groups in total. The number of hydrogen-bond donors (Lipinski definition) is 0. The molecule has 0 heterocycles. The Morgan fingerprint density at radius 1 is 0.923 bits per heavy atom. The summed E-state index contributed by atoms with van der Waals surface area (Å²) in [6, 6.07) is 8.19. The van der Waals surface area contributed by atoms with Crippen LogP contribution in [0.5, 0.6) is 0 Å². The maximum Gasteiger partial charge on any atom is 0.338 e. The van der Waals surface area contributed by atoms with E-state index in [-0.39, 0.29) is 29.9 Å². The molecule has 1 aromatic rings. The van der Waals surface area contributed by atoms with Crippen LogP contribution in [0.4, 0.5) is 0 Å². The van der Waals surface area contributed by atoms with Gasteiger partial charge in [0, 0.05) is 7.26 Å². The van der Waals surface area contributed by atoms with E-state index in [1.54, 1.807) is 0 Å². The maximum absolute atomic E-state index is 12.1. The quantitative estimate of drug-likeness (QED) is 0.238. The van der Waals surface area contributed by atoms with Gasteiger partial charge in [-0.25, -0.2) is 4.79 Å². The van der Waals surface area contributed by atoms with Crippen LogP contribution in [-0.4, -0.2) is 31.1 Å². The lowest BCUT2D eigenvalue weighted by Crippen LogP contribution is -3.00. The molecule has 0 atom stereocenters. The molecule has 0 aliphatic rings. The van der Waals surface area contributed by atoms with Crippen LogP contribution in [-0.2, 0) is 10.9 Å². The number of hydrogen-bond acceptors (Lipinski definition) is 2. The average Bonchev–Trinajstić information content (AvgIpc) is 2.63. The van der Waals surface area contributed by atoms with E-state index in [0.717, 1.165) is 0 Å². The first kappa shape index (κ1) is 25.9. The first-order valence-electron chi connectivity index (χ1n) is 10.2. The van der Waals surface area contributed by atoms with Gasteiger partial charge in [-0.05, 0) is 43.9 Å². The van der Waals surface area contributed by atoms with Gasteiger partial charge in [-0.2, -0.15) is 0 Å². The van der Waals surface area contributed by atoms with E-state index in [0.29, 0.717) is 12.2 Å². The van der Waals surface area contributed by atoms with Crippen LogP contribution >= 0.6 is 7.26 Å². The predicted octanol–water partition coefficient (Wildman–Crippen LogP) is 3.79. The fourth-order valence-corrected chi connectivity index (χ4v) is 8.53. The van der Waals surface area contributed by atoms with Crippen LogP contribution in [0.2, 0.25) is 0 Å². The Hall–Kier alpha value is -0.150. The molecule has 1 aromatic carbocycles. The molecule has 150 valence electrons. The Morgan fingerprint density at radius 2 is 1.46 bits per heavy atom. The fraction of sp³-hybridized carbons (Fsp3) is 0.682. The number of ether oxygens (including phenoxy) is 1. The third-order valence-electron chi connectivity index (χ3n) is 4.91. The summed E-state index contributed by atoms with van der Waals surface area (Å²) in [6.07, 6.45) is 13.3. The maximum atomic E-state index is 12.1. The van der Waals surface area contributed by atoms with Gasteiger partial charge in [0.2, 0.25) is 0 Å². The minimum absolute atomic E-state index is 0. The summed E-state index contributed by atoms with van der Waals surface area (Å²) in [7, 11) is -0.985. The fourth-order valence-electron chi connectivity index (χ4n) is 3.45. The molecule has 0 bridgehead atoms. The van der Waals surface area contributed by atoms with Gasteiger partial charge < -0.3 is 28.7 Å². The Bertz CT molecular complexity index is 483. The van der Waals surface area contributed by atoms with Crippen molar-refractivity contribution in [2.45, 2.75) is 72.4 Å². The molecule has 1 rings (SSSR count). The molecule has 4 heteroatoms. The van der Waals surface area contributed by atoms with Crippen LogP contribution in [0.1, 0.15) is 82.1 Å². The molecule has 0 radical (unpaired) electrons. The molecular formula is C22H38IO2P. The Morgan fingerprint density at radius 3 is 1.92 bits per heavy atom. The molecule has 0 amide bonds. The predicted molar refractivity (Wildman–Crippen MR) is 112 cm³/mol. The van der Waals surface area contributed by atoms with E-state index in [9.17, 15) is 4.79 Å². The number of halogens is 1. The van der Waals surface area contributed by atoms with Gasteiger partial charge in [0.15, 0.2) is 0 Å². The highest BCUT2D eigenvalue weighted by Gasteiger charge is 2.35. The second-order valence-electron chi connectivity index (χ2n) is 7.15. The third-order valence-corrected chi connectivity index (χ3v) is 9.74. The molecule has 0 unspecified atom stereocenters. The number of esters is 1. The van der Waals surface area contributed by atoms with Crippen molar-refractivity contribution >= 4 is 13.2 Å². The van der Waals surface area contributed by atoms with Gasteiger partial charge >= 0.3 is 5.97 Å². The monoisotopic (exact) mass is 492 g/mol. The van der Waals surface area contributed by atoms with Crippen LogP contribution in [0.25, 0.3) is 0 Å². The second-order valence-corrected chi connectivity index (χ2v) is 11.5. The number of unbranched alkanes of at least 4 members (excludes halogenated alkanes) is 3. The molecule has 2 nitrogen and oxygen atoms in total. The number of benzene rings is 1. The van der Waals surface area contributed by atoms with E-state index in [4.69, 9.17) is 4.74 Å². The molecule has 0 fully saturated rings. The largest absolute Gasteiger partial charge is 1.00 e. The van der Waals surface area contributed by atoms with E-state index in [1.165, 1.54) is 68.7 Å². The smallest absolute Gasteiger partial charge is 0.338 e. The van der Waals surface area contributed by atoms with Gasteiger partial charge in [-0.15, -0.1) is 0 Å². The molecule has 0 aromatic heterocycles. The van der Waals surface area contributed by atoms with E-state index >= 15 is 0 Å². The molecule has 0 saturated carbocycles.